The van der Waals surface area contributed by atoms with Gasteiger partial charge in [-0.2, -0.15) is 0 Å². The van der Waals surface area contributed by atoms with Gasteiger partial charge < -0.3 is 15.0 Å². The number of rotatable bonds is 18. The minimum absolute atomic E-state index is 0.471. The van der Waals surface area contributed by atoms with Gasteiger partial charge in [0.2, 0.25) is 0 Å². The van der Waals surface area contributed by atoms with E-state index in [0.717, 1.165) is 16.7 Å². The number of hydrogen-bond acceptors (Lipinski definition) is 4. The number of methoxy groups -OCH3 is 1. The lowest BCUT2D eigenvalue weighted by Gasteiger charge is -2.17. The average molecular weight is 442 g/mol. The Labute approximate surface area is 197 Å². The molecule has 180 valence electrons. The Morgan fingerprint density at radius 2 is 1.50 bits per heavy atom. The number of benzene rings is 1. The van der Waals surface area contributed by atoms with E-state index in [4.69, 9.17) is 4.74 Å². The summed E-state index contributed by atoms with van der Waals surface area (Å²) in [6.45, 7) is 10.5. The first-order chi connectivity index (χ1) is 15.7. The van der Waals surface area contributed by atoms with E-state index in [0.29, 0.717) is 6.04 Å². The third kappa shape index (κ3) is 9.77. The zero-order valence-corrected chi connectivity index (χ0v) is 21.2. The van der Waals surface area contributed by atoms with Crippen molar-refractivity contribution in [2.75, 3.05) is 32.1 Å². The zero-order valence-electron chi connectivity index (χ0n) is 21.2. The van der Waals surface area contributed by atoms with Crippen LogP contribution < -0.4 is 10.1 Å². The highest BCUT2D eigenvalue weighted by Gasteiger charge is 2.07. The molecule has 4 heteroatoms. The number of fused-ring (bicyclic) bond motifs is 1. The molecule has 2 aromatic rings. The van der Waals surface area contributed by atoms with E-state index >= 15 is 0 Å². The Morgan fingerprint density at radius 1 is 0.875 bits per heavy atom. The normalized spacial score (nSPS) is 12.4. The average Bonchev–Trinajstić information content (AvgIpc) is 2.82. The summed E-state index contributed by atoms with van der Waals surface area (Å²) in [7, 11) is 1.70. The largest absolute Gasteiger partial charge is 0.497 e. The Kier molecular flexibility index (Phi) is 13.1. The van der Waals surface area contributed by atoms with Gasteiger partial charge in [-0.1, -0.05) is 71.6 Å². The Balaban J connectivity index is 1.50. The fraction of sp³-hybridized carbons (Fsp3) is 0.679. The van der Waals surface area contributed by atoms with Crippen LogP contribution in [0.15, 0.2) is 30.5 Å². The lowest BCUT2D eigenvalue weighted by atomic mass is 10.0. The molecular weight excluding hydrogens is 394 g/mol. The number of nitrogens with zero attached hydrogens (tertiary/aromatic N) is 2. The molecule has 1 aromatic carbocycles. The van der Waals surface area contributed by atoms with E-state index in [2.05, 4.69) is 48.1 Å². The van der Waals surface area contributed by atoms with Crippen molar-refractivity contribution in [3.05, 3.63) is 30.5 Å². The summed E-state index contributed by atoms with van der Waals surface area (Å²) in [5.41, 5.74) is 2.15. The van der Waals surface area contributed by atoms with Crippen molar-refractivity contribution in [3.8, 4) is 5.75 Å². The second-order valence-corrected chi connectivity index (χ2v) is 9.14. The van der Waals surface area contributed by atoms with E-state index in [1.54, 1.807) is 7.11 Å². The monoisotopic (exact) mass is 441 g/mol. The second-order valence-electron chi connectivity index (χ2n) is 9.14. The molecule has 4 nitrogen and oxygen atoms in total. The molecule has 1 unspecified atom stereocenters. The summed E-state index contributed by atoms with van der Waals surface area (Å²) >= 11 is 0. The lowest BCUT2D eigenvalue weighted by molar-refractivity contribution is 0.295. The molecule has 0 bridgehead atoms. The van der Waals surface area contributed by atoms with Crippen molar-refractivity contribution >= 4 is 16.6 Å². The standard InChI is InChI=1S/C28H47N3O/c1-5-31(6-2)22-16-14-12-10-8-7-9-11-13-15-17-24(3)30-27-20-21-29-28-23-25(32-4)18-19-26(27)28/h18-21,23-24H,5-17,22H2,1-4H3,(H,29,30). The molecule has 1 aromatic heterocycles. The van der Waals surface area contributed by atoms with E-state index in [-0.39, 0.29) is 0 Å². The zero-order chi connectivity index (χ0) is 23.0. The molecule has 2 rings (SSSR count). The summed E-state index contributed by atoms with van der Waals surface area (Å²) in [6, 6.07) is 8.65. The highest BCUT2D eigenvalue weighted by molar-refractivity contribution is 5.91. The van der Waals surface area contributed by atoms with Crippen molar-refractivity contribution in [2.45, 2.75) is 97.4 Å². The molecule has 0 aliphatic carbocycles. The molecule has 0 radical (unpaired) electrons. The smallest absolute Gasteiger partial charge is 0.121 e. The maximum atomic E-state index is 5.32. The fourth-order valence-electron chi connectivity index (χ4n) is 4.46. The van der Waals surface area contributed by atoms with Crippen molar-refractivity contribution in [1.82, 2.24) is 9.88 Å². The Hall–Kier alpha value is -1.81. The highest BCUT2D eigenvalue weighted by atomic mass is 16.5. The van der Waals surface area contributed by atoms with Crippen LogP contribution in [0.3, 0.4) is 0 Å². The summed E-state index contributed by atoms with van der Waals surface area (Å²) in [5, 5.41) is 4.85. The third-order valence-corrected chi connectivity index (χ3v) is 6.61. The third-order valence-electron chi connectivity index (χ3n) is 6.61. The van der Waals surface area contributed by atoms with Crippen LogP contribution >= 0.6 is 0 Å². The lowest BCUT2D eigenvalue weighted by Crippen LogP contribution is -2.23. The van der Waals surface area contributed by atoms with Crippen molar-refractivity contribution in [3.63, 3.8) is 0 Å². The SMILES string of the molecule is CCN(CC)CCCCCCCCCCCCC(C)Nc1ccnc2cc(OC)ccc12. The van der Waals surface area contributed by atoms with Crippen LogP contribution in [-0.2, 0) is 0 Å². The minimum Gasteiger partial charge on any atom is -0.497 e. The highest BCUT2D eigenvalue weighted by Crippen LogP contribution is 2.26. The molecule has 0 amide bonds. The number of hydrogen-bond donors (Lipinski definition) is 1. The summed E-state index contributed by atoms with van der Waals surface area (Å²) in [6.07, 6.45) is 17.0. The minimum atomic E-state index is 0.471. The van der Waals surface area contributed by atoms with Gasteiger partial charge in [0.1, 0.15) is 5.75 Å². The predicted molar refractivity (Wildman–Crippen MR) is 140 cm³/mol. The van der Waals surface area contributed by atoms with E-state index in [1.165, 1.54) is 96.0 Å². The number of nitrogens with one attached hydrogen (secondary N) is 1. The quantitative estimate of drug-likeness (QED) is 0.241. The van der Waals surface area contributed by atoms with E-state index in [1.807, 2.05) is 18.3 Å². The molecule has 1 heterocycles. The van der Waals surface area contributed by atoms with Crippen molar-refractivity contribution in [2.24, 2.45) is 0 Å². The van der Waals surface area contributed by atoms with Gasteiger partial charge in [0.15, 0.2) is 0 Å². The maximum Gasteiger partial charge on any atom is 0.121 e. The molecule has 0 aliphatic rings. The van der Waals surface area contributed by atoms with Crippen LogP contribution in [0.4, 0.5) is 5.69 Å². The number of aromatic nitrogens is 1. The number of ether oxygens (including phenoxy) is 1. The van der Waals surface area contributed by atoms with Crippen LogP contribution in [0.1, 0.15) is 91.4 Å². The summed E-state index contributed by atoms with van der Waals surface area (Å²) in [4.78, 5) is 7.02. The van der Waals surface area contributed by atoms with Gasteiger partial charge in [-0.25, -0.2) is 0 Å². The molecule has 32 heavy (non-hydrogen) atoms. The molecule has 0 aliphatic heterocycles. The van der Waals surface area contributed by atoms with Crippen molar-refractivity contribution in [1.29, 1.82) is 0 Å². The Bertz CT molecular complexity index is 745. The topological polar surface area (TPSA) is 37.4 Å². The Morgan fingerprint density at radius 3 is 2.12 bits per heavy atom. The molecule has 0 spiro atoms. The van der Waals surface area contributed by atoms with Crippen molar-refractivity contribution < 1.29 is 4.74 Å². The summed E-state index contributed by atoms with van der Waals surface area (Å²) in [5.74, 6) is 0.852. The van der Waals surface area contributed by atoms with Crippen LogP contribution in [0.5, 0.6) is 5.75 Å². The van der Waals surface area contributed by atoms with Crippen LogP contribution in [0.25, 0.3) is 10.9 Å². The number of anilines is 1. The fourth-order valence-corrected chi connectivity index (χ4v) is 4.46. The molecule has 0 fully saturated rings. The van der Waals surface area contributed by atoms with Crippen LogP contribution in [-0.4, -0.2) is 42.7 Å². The van der Waals surface area contributed by atoms with Crippen LogP contribution in [0, 0.1) is 0 Å². The predicted octanol–water partition coefficient (Wildman–Crippen LogP) is 7.68. The van der Waals surface area contributed by atoms with E-state index < -0.39 is 0 Å². The first-order valence-electron chi connectivity index (χ1n) is 13.1. The summed E-state index contributed by atoms with van der Waals surface area (Å²) < 4.78 is 5.32. The second kappa shape index (κ2) is 15.9. The van der Waals surface area contributed by atoms with Gasteiger partial charge >= 0.3 is 0 Å². The first-order valence-corrected chi connectivity index (χ1v) is 13.1. The molecule has 0 saturated carbocycles. The van der Waals surface area contributed by atoms with Gasteiger partial charge in [0, 0.05) is 29.4 Å². The molecular formula is C28H47N3O. The van der Waals surface area contributed by atoms with Gasteiger partial charge in [0.25, 0.3) is 0 Å². The van der Waals surface area contributed by atoms with E-state index in [9.17, 15) is 0 Å². The van der Waals surface area contributed by atoms with Crippen LogP contribution in [0.2, 0.25) is 0 Å². The number of unbranched alkanes of at least 4 members (excludes halogenated alkanes) is 9. The molecule has 0 saturated heterocycles. The van der Waals surface area contributed by atoms with Gasteiger partial charge in [-0.15, -0.1) is 0 Å². The maximum absolute atomic E-state index is 5.32. The first kappa shape index (κ1) is 26.4. The molecule has 1 atom stereocenters. The van der Waals surface area contributed by atoms with Gasteiger partial charge in [-0.05, 0) is 57.6 Å². The van der Waals surface area contributed by atoms with Gasteiger partial charge in [-0.3, -0.25) is 4.98 Å². The van der Waals surface area contributed by atoms with Gasteiger partial charge in [0.05, 0.1) is 12.6 Å². The number of pyridine rings is 1. The molecule has 1 N–H and O–H groups in total.